The van der Waals surface area contributed by atoms with Gasteiger partial charge in [-0.2, -0.15) is 0 Å². The fourth-order valence-electron chi connectivity index (χ4n) is 4.76. The number of hydrogen-bond donors (Lipinski definition) is 1. The number of rotatable bonds is 13. The summed E-state index contributed by atoms with van der Waals surface area (Å²) < 4.78 is 29.2. The van der Waals surface area contributed by atoms with Crippen molar-refractivity contribution in [2.45, 2.75) is 44.2 Å². The van der Waals surface area contributed by atoms with E-state index >= 15 is 0 Å². The van der Waals surface area contributed by atoms with Crippen LogP contribution in [0.5, 0.6) is 0 Å². The van der Waals surface area contributed by atoms with Crippen molar-refractivity contribution in [2.75, 3.05) is 17.4 Å². The molecule has 0 unspecified atom stereocenters. The highest BCUT2D eigenvalue weighted by molar-refractivity contribution is 7.92. The van der Waals surface area contributed by atoms with E-state index in [9.17, 15) is 18.0 Å². The number of para-hydroxylation sites is 1. The Balaban J connectivity index is 1.80. The van der Waals surface area contributed by atoms with Crippen molar-refractivity contribution in [1.82, 2.24) is 10.2 Å². The normalized spacial score (nSPS) is 11.9. The molecule has 4 rings (SSSR count). The third kappa shape index (κ3) is 8.40. The molecule has 4 aromatic rings. The van der Waals surface area contributed by atoms with E-state index in [0.29, 0.717) is 23.6 Å². The first-order valence-electron chi connectivity index (χ1n) is 14.3. The van der Waals surface area contributed by atoms with E-state index < -0.39 is 28.5 Å². The van der Waals surface area contributed by atoms with E-state index in [4.69, 9.17) is 23.2 Å². The first-order chi connectivity index (χ1) is 21.1. The van der Waals surface area contributed by atoms with E-state index in [1.807, 2.05) is 50.2 Å². The van der Waals surface area contributed by atoms with Crippen LogP contribution in [0.1, 0.15) is 30.0 Å². The number of aryl methyl sites for hydroxylation is 1. The van der Waals surface area contributed by atoms with Crippen molar-refractivity contribution < 1.29 is 18.0 Å². The lowest BCUT2D eigenvalue weighted by Crippen LogP contribution is -2.53. The van der Waals surface area contributed by atoms with Crippen LogP contribution in [0, 0.1) is 6.92 Å². The Bertz CT molecular complexity index is 1680. The number of sulfonamides is 1. The van der Waals surface area contributed by atoms with Gasteiger partial charge in [0.1, 0.15) is 12.6 Å². The molecule has 230 valence electrons. The number of amides is 2. The molecular formula is C34H35Cl2N3O4S. The second-order valence-corrected chi connectivity index (χ2v) is 13.1. The maximum Gasteiger partial charge on any atom is 0.264 e. The summed E-state index contributed by atoms with van der Waals surface area (Å²) >= 11 is 12.8. The van der Waals surface area contributed by atoms with Crippen LogP contribution in [-0.4, -0.2) is 44.3 Å². The van der Waals surface area contributed by atoms with E-state index in [0.717, 1.165) is 15.4 Å². The first-order valence-corrected chi connectivity index (χ1v) is 16.5. The molecular weight excluding hydrogens is 617 g/mol. The Morgan fingerprint density at radius 3 is 2.16 bits per heavy atom. The molecule has 1 N–H and O–H groups in total. The summed E-state index contributed by atoms with van der Waals surface area (Å²) in [5.41, 5.74) is 2.58. The molecule has 4 aromatic carbocycles. The number of hydrogen-bond acceptors (Lipinski definition) is 4. The fourth-order valence-corrected chi connectivity index (χ4v) is 6.69. The zero-order valence-electron chi connectivity index (χ0n) is 24.6. The Kier molecular flexibility index (Phi) is 11.4. The van der Waals surface area contributed by atoms with Gasteiger partial charge in [0.05, 0.1) is 15.6 Å². The second kappa shape index (κ2) is 15.2. The van der Waals surface area contributed by atoms with Crippen molar-refractivity contribution in [3.05, 3.63) is 130 Å². The number of nitrogens with one attached hydrogen (secondary N) is 1. The molecule has 0 heterocycles. The van der Waals surface area contributed by atoms with Gasteiger partial charge in [-0.25, -0.2) is 8.42 Å². The Morgan fingerprint density at radius 2 is 1.50 bits per heavy atom. The van der Waals surface area contributed by atoms with Gasteiger partial charge in [-0.3, -0.25) is 13.9 Å². The second-order valence-electron chi connectivity index (χ2n) is 10.4. The minimum Gasteiger partial charge on any atom is -0.354 e. The lowest BCUT2D eigenvalue weighted by Gasteiger charge is -2.34. The number of nitrogens with zero attached hydrogens (tertiary/aromatic N) is 2. The smallest absolute Gasteiger partial charge is 0.264 e. The molecule has 0 saturated carbocycles. The summed E-state index contributed by atoms with van der Waals surface area (Å²) in [6.45, 7) is 3.66. The lowest BCUT2D eigenvalue weighted by atomic mass is 10.0. The molecule has 0 aliphatic rings. The largest absolute Gasteiger partial charge is 0.354 e. The quantitative estimate of drug-likeness (QED) is 0.175. The molecule has 0 spiro atoms. The molecule has 44 heavy (non-hydrogen) atoms. The Labute approximate surface area is 269 Å². The molecule has 0 bridgehead atoms. The maximum absolute atomic E-state index is 14.4. The fraction of sp³-hybridized carbons (Fsp3) is 0.235. The van der Waals surface area contributed by atoms with Crippen molar-refractivity contribution >= 4 is 50.7 Å². The predicted octanol–water partition coefficient (Wildman–Crippen LogP) is 6.66. The standard InChI is InChI=1S/C34H35Cl2N3O4S/c1-3-20-37-34(41)32(22-26-10-5-4-6-11-26)38(23-27-12-9-13-28(35)21-27)33(40)24-39(31-15-8-7-14-30(31)36)44(42,43)29-18-16-25(2)17-19-29/h4-19,21,32H,3,20,22-24H2,1-2H3,(H,37,41)/t32-/m1/s1. The summed E-state index contributed by atoms with van der Waals surface area (Å²) in [4.78, 5) is 29.6. The summed E-state index contributed by atoms with van der Waals surface area (Å²) in [5.74, 6) is -0.912. The molecule has 0 saturated heterocycles. The molecule has 10 heteroatoms. The summed E-state index contributed by atoms with van der Waals surface area (Å²) in [5, 5.41) is 3.57. The number of benzene rings is 4. The van der Waals surface area contributed by atoms with Gasteiger partial charge >= 0.3 is 0 Å². The molecule has 0 aliphatic heterocycles. The topological polar surface area (TPSA) is 86.8 Å². The minimum absolute atomic E-state index is 0.0127. The van der Waals surface area contributed by atoms with Crippen LogP contribution in [0.25, 0.3) is 0 Å². The van der Waals surface area contributed by atoms with E-state index in [-0.39, 0.29) is 34.5 Å². The molecule has 0 fully saturated rings. The molecule has 7 nitrogen and oxygen atoms in total. The summed E-state index contributed by atoms with van der Waals surface area (Å²) in [6.07, 6.45) is 0.931. The third-order valence-corrected chi connectivity index (χ3v) is 9.40. The number of carbonyl (C=O) groups excluding carboxylic acids is 2. The molecule has 0 radical (unpaired) electrons. The predicted molar refractivity (Wildman–Crippen MR) is 176 cm³/mol. The van der Waals surface area contributed by atoms with Crippen molar-refractivity contribution in [2.24, 2.45) is 0 Å². The van der Waals surface area contributed by atoms with Crippen LogP contribution in [0.15, 0.2) is 108 Å². The number of carbonyl (C=O) groups is 2. The Hall–Kier alpha value is -3.85. The van der Waals surface area contributed by atoms with Crippen molar-refractivity contribution in [1.29, 1.82) is 0 Å². The van der Waals surface area contributed by atoms with Crippen LogP contribution in [0.2, 0.25) is 10.0 Å². The molecule has 2 amide bonds. The maximum atomic E-state index is 14.4. The third-order valence-electron chi connectivity index (χ3n) is 7.07. The minimum atomic E-state index is -4.24. The monoisotopic (exact) mass is 651 g/mol. The van der Waals surface area contributed by atoms with Gasteiger partial charge in [-0.1, -0.05) is 102 Å². The average Bonchev–Trinajstić information content (AvgIpc) is 3.01. The lowest BCUT2D eigenvalue weighted by molar-refractivity contribution is -0.140. The number of halogens is 2. The van der Waals surface area contributed by atoms with Crippen molar-refractivity contribution in [3.8, 4) is 0 Å². The van der Waals surface area contributed by atoms with E-state index in [1.165, 1.54) is 17.0 Å². The first kappa shape index (κ1) is 33.1. The molecule has 0 aliphatic carbocycles. The van der Waals surface area contributed by atoms with Gasteiger partial charge in [-0.05, 0) is 60.9 Å². The highest BCUT2D eigenvalue weighted by atomic mass is 35.5. The van der Waals surface area contributed by atoms with Crippen LogP contribution >= 0.6 is 23.2 Å². The van der Waals surface area contributed by atoms with E-state index in [2.05, 4.69) is 5.32 Å². The van der Waals surface area contributed by atoms with Gasteiger partial charge in [0.25, 0.3) is 10.0 Å². The van der Waals surface area contributed by atoms with Crippen LogP contribution < -0.4 is 9.62 Å². The highest BCUT2D eigenvalue weighted by Gasteiger charge is 2.35. The zero-order chi connectivity index (χ0) is 31.7. The van der Waals surface area contributed by atoms with Gasteiger partial charge in [0.2, 0.25) is 11.8 Å². The molecule has 1 atom stereocenters. The summed E-state index contributed by atoms with van der Waals surface area (Å²) in [7, 11) is -4.24. The summed E-state index contributed by atoms with van der Waals surface area (Å²) in [6, 6.07) is 28.3. The highest BCUT2D eigenvalue weighted by Crippen LogP contribution is 2.31. The van der Waals surface area contributed by atoms with Gasteiger partial charge in [0.15, 0.2) is 0 Å². The van der Waals surface area contributed by atoms with Crippen LogP contribution in [0.4, 0.5) is 5.69 Å². The van der Waals surface area contributed by atoms with Crippen LogP contribution in [0.3, 0.4) is 0 Å². The van der Waals surface area contributed by atoms with Gasteiger partial charge in [0, 0.05) is 24.5 Å². The van der Waals surface area contributed by atoms with E-state index in [1.54, 1.807) is 54.6 Å². The zero-order valence-corrected chi connectivity index (χ0v) is 26.9. The average molecular weight is 653 g/mol. The SMILES string of the molecule is CCCNC(=O)[C@@H](Cc1ccccc1)N(Cc1cccc(Cl)c1)C(=O)CN(c1ccccc1Cl)S(=O)(=O)c1ccc(C)cc1. The van der Waals surface area contributed by atoms with Gasteiger partial charge in [-0.15, -0.1) is 0 Å². The number of anilines is 1. The molecule has 0 aromatic heterocycles. The van der Waals surface area contributed by atoms with Crippen molar-refractivity contribution in [3.63, 3.8) is 0 Å². The van der Waals surface area contributed by atoms with Crippen LogP contribution in [-0.2, 0) is 32.6 Å². The van der Waals surface area contributed by atoms with Gasteiger partial charge < -0.3 is 10.2 Å². The Morgan fingerprint density at radius 1 is 0.841 bits per heavy atom.